The first-order valence-corrected chi connectivity index (χ1v) is 6.92. The molecule has 0 aromatic heterocycles. The summed E-state index contributed by atoms with van der Waals surface area (Å²) in [5, 5.41) is 3.13. The molecule has 1 atom stereocenters. The fraction of sp³-hybridized carbons (Fsp3) is 0.562. The lowest BCUT2D eigenvalue weighted by Gasteiger charge is -2.22. The Morgan fingerprint density at radius 2 is 1.80 bits per heavy atom. The molecule has 1 unspecified atom stereocenters. The molecule has 1 aromatic rings. The van der Waals surface area contributed by atoms with Crippen LogP contribution in [0.15, 0.2) is 12.1 Å². The summed E-state index contributed by atoms with van der Waals surface area (Å²) in [6.07, 6.45) is 1.87. The van der Waals surface area contributed by atoms with E-state index in [9.17, 15) is 4.79 Å². The van der Waals surface area contributed by atoms with Gasteiger partial charge in [-0.3, -0.25) is 4.79 Å². The first-order chi connectivity index (χ1) is 9.36. The zero-order valence-electron chi connectivity index (χ0n) is 12.9. The van der Waals surface area contributed by atoms with E-state index in [1.54, 1.807) is 14.2 Å². The van der Waals surface area contributed by atoms with Crippen LogP contribution in [0.2, 0.25) is 0 Å². The van der Waals surface area contributed by atoms with E-state index in [4.69, 9.17) is 9.47 Å². The summed E-state index contributed by atoms with van der Waals surface area (Å²) in [5.74, 6) is 1.53. The molecule has 1 N–H and O–H groups in total. The third kappa shape index (κ3) is 2.74. The lowest BCUT2D eigenvalue weighted by molar-refractivity contribution is -0.129. The molecule has 2 rings (SSSR count). The van der Waals surface area contributed by atoms with Gasteiger partial charge in [0.25, 0.3) is 0 Å². The highest BCUT2D eigenvalue weighted by Gasteiger charge is 2.29. The molecule has 0 saturated carbocycles. The van der Waals surface area contributed by atoms with Crippen LogP contribution in [0.5, 0.6) is 11.5 Å². The number of fused-ring (bicyclic) bond motifs is 1. The minimum atomic E-state index is -0.376. The van der Waals surface area contributed by atoms with Crippen molar-refractivity contribution in [3.05, 3.63) is 23.3 Å². The number of rotatable bonds is 3. The normalized spacial score (nSPS) is 17.6. The minimum absolute atomic E-state index is 0.0662. The Bertz CT molecular complexity index is 517. The van der Waals surface area contributed by atoms with E-state index < -0.39 is 0 Å². The third-order valence-corrected chi connectivity index (χ3v) is 3.71. The molecular weight excluding hydrogens is 254 g/mol. The van der Waals surface area contributed by atoms with Gasteiger partial charge in [-0.2, -0.15) is 0 Å². The lowest BCUT2D eigenvalue weighted by atomic mass is 9.94. The van der Waals surface area contributed by atoms with Crippen LogP contribution >= 0.6 is 0 Å². The van der Waals surface area contributed by atoms with Gasteiger partial charge in [-0.25, -0.2) is 0 Å². The summed E-state index contributed by atoms with van der Waals surface area (Å²) >= 11 is 0. The van der Waals surface area contributed by atoms with Crippen molar-refractivity contribution in [2.75, 3.05) is 14.2 Å². The maximum atomic E-state index is 12.1. The van der Waals surface area contributed by atoms with Crippen LogP contribution in [0.1, 0.15) is 44.4 Å². The number of hydrogen-bond acceptors (Lipinski definition) is 3. The number of carbonyl (C=O) groups excluding carboxylic acids is 1. The van der Waals surface area contributed by atoms with Gasteiger partial charge in [0, 0.05) is 5.41 Å². The van der Waals surface area contributed by atoms with Crippen molar-refractivity contribution in [2.24, 2.45) is 5.41 Å². The quantitative estimate of drug-likeness (QED) is 0.924. The third-order valence-electron chi connectivity index (χ3n) is 3.71. The van der Waals surface area contributed by atoms with E-state index in [0.717, 1.165) is 24.2 Å². The fourth-order valence-electron chi connectivity index (χ4n) is 2.46. The number of hydrogen-bond donors (Lipinski definition) is 1. The SMILES string of the molecule is COc1cc2c(cc1OC)C(NC(=O)C(C)(C)C)CC2. The molecule has 4 nitrogen and oxygen atoms in total. The smallest absolute Gasteiger partial charge is 0.225 e. The summed E-state index contributed by atoms with van der Waals surface area (Å²) < 4.78 is 10.7. The first-order valence-electron chi connectivity index (χ1n) is 6.92. The highest BCUT2D eigenvalue weighted by atomic mass is 16.5. The maximum absolute atomic E-state index is 12.1. The molecule has 0 radical (unpaired) electrons. The summed E-state index contributed by atoms with van der Waals surface area (Å²) in [7, 11) is 3.26. The number of carbonyl (C=O) groups is 1. The second-order valence-electron chi connectivity index (χ2n) is 6.22. The summed E-state index contributed by atoms with van der Waals surface area (Å²) in [6.45, 7) is 5.77. The van der Waals surface area contributed by atoms with E-state index in [2.05, 4.69) is 5.32 Å². The topological polar surface area (TPSA) is 47.6 Å². The van der Waals surface area contributed by atoms with Crippen molar-refractivity contribution in [1.29, 1.82) is 0 Å². The minimum Gasteiger partial charge on any atom is -0.493 e. The Labute approximate surface area is 120 Å². The average Bonchev–Trinajstić information content (AvgIpc) is 2.78. The van der Waals surface area contributed by atoms with Crippen LogP contribution in [0.4, 0.5) is 0 Å². The van der Waals surface area contributed by atoms with E-state index in [-0.39, 0.29) is 17.4 Å². The molecule has 1 aromatic carbocycles. The van der Waals surface area contributed by atoms with Crippen LogP contribution in [-0.4, -0.2) is 20.1 Å². The van der Waals surface area contributed by atoms with Crippen molar-refractivity contribution in [3.8, 4) is 11.5 Å². The van der Waals surface area contributed by atoms with Crippen molar-refractivity contribution < 1.29 is 14.3 Å². The zero-order chi connectivity index (χ0) is 14.9. The standard InChI is InChI=1S/C16H23NO3/c1-16(2,3)15(18)17-12-7-6-10-8-13(19-4)14(20-5)9-11(10)12/h8-9,12H,6-7H2,1-5H3,(H,17,18). The molecule has 20 heavy (non-hydrogen) atoms. The van der Waals surface area contributed by atoms with E-state index >= 15 is 0 Å². The zero-order valence-corrected chi connectivity index (χ0v) is 12.9. The molecule has 0 spiro atoms. The molecule has 0 fully saturated rings. The second-order valence-corrected chi connectivity index (χ2v) is 6.22. The predicted molar refractivity (Wildman–Crippen MR) is 78.2 cm³/mol. The van der Waals surface area contributed by atoms with Crippen molar-refractivity contribution >= 4 is 5.91 Å². The first kappa shape index (κ1) is 14.7. The van der Waals surface area contributed by atoms with Gasteiger partial charge in [-0.1, -0.05) is 20.8 Å². The molecule has 0 heterocycles. The van der Waals surface area contributed by atoms with Gasteiger partial charge in [-0.05, 0) is 36.1 Å². The Morgan fingerprint density at radius 1 is 1.20 bits per heavy atom. The molecule has 0 saturated heterocycles. The molecular formula is C16H23NO3. The largest absolute Gasteiger partial charge is 0.493 e. The number of nitrogens with one attached hydrogen (secondary N) is 1. The molecule has 0 bridgehead atoms. The van der Waals surface area contributed by atoms with E-state index in [1.165, 1.54) is 5.56 Å². The molecule has 1 aliphatic carbocycles. The van der Waals surface area contributed by atoms with E-state index in [1.807, 2.05) is 32.9 Å². The molecule has 110 valence electrons. The molecule has 0 aliphatic heterocycles. The summed E-state index contributed by atoms with van der Waals surface area (Å²) in [4.78, 5) is 12.1. The highest BCUT2D eigenvalue weighted by molar-refractivity contribution is 5.82. The number of benzene rings is 1. The van der Waals surface area contributed by atoms with Gasteiger partial charge in [0.05, 0.1) is 20.3 Å². The number of aryl methyl sites for hydroxylation is 1. The Hall–Kier alpha value is -1.71. The van der Waals surface area contributed by atoms with Gasteiger partial charge < -0.3 is 14.8 Å². The summed E-state index contributed by atoms with van der Waals surface area (Å²) in [5.41, 5.74) is 1.99. The summed E-state index contributed by atoms with van der Waals surface area (Å²) in [6, 6.07) is 4.06. The van der Waals surface area contributed by atoms with Crippen LogP contribution in [0, 0.1) is 5.41 Å². The van der Waals surface area contributed by atoms with E-state index in [0.29, 0.717) is 5.75 Å². The Balaban J connectivity index is 2.26. The molecule has 1 amide bonds. The highest BCUT2D eigenvalue weighted by Crippen LogP contribution is 2.39. The Morgan fingerprint density at radius 3 is 2.35 bits per heavy atom. The van der Waals surface area contributed by atoms with Gasteiger partial charge in [0.1, 0.15) is 0 Å². The van der Waals surface area contributed by atoms with Crippen LogP contribution < -0.4 is 14.8 Å². The van der Waals surface area contributed by atoms with Gasteiger partial charge in [-0.15, -0.1) is 0 Å². The molecule has 4 heteroatoms. The van der Waals surface area contributed by atoms with Crippen molar-refractivity contribution in [3.63, 3.8) is 0 Å². The second kappa shape index (κ2) is 5.35. The van der Waals surface area contributed by atoms with Crippen molar-refractivity contribution in [1.82, 2.24) is 5.32 Å². The van der Waals surface area contributed by atoms with Crippen molar-refractivity contribution in [2.45, 2.75) is 39.7 Å². The molecule has 1 aliphatic rings. The van der Waals surface area contributed by atoms with Crippen LogP contribution in [0.3, 0.4) is 0 Å². The predicted octanol–water partition coefficient (Wildman–Crippen LogP) is 2.85. The van der Waals surface area contributed by atoms with Crippen LogP contribution in [0.25, 0.3) is 0 Å². The van der Waals surface area contributed by atoms with Gasteiger partial charge in [0.2, 0.25) is 5.91 Å². The van der Waals surface area contributed by atoms with Gasteiger partial charge >= 0.3 is 0 Å². The van der Waals surface area contributed by atoms with Gasteiger partial charge in [0.15, 0.2) is 11.5 Å². The Kier molecular flexibility index (Phi) is 3.93. The number of ether oxygens (including phenoxy) is 2. The fourth-order valence-corrected chi connectivity index (χ4v) is 2.46. The number of amides is 1. The average molecular weight is 277 g/mol. The van der Waals surface area contributed by atoms with Crippen LogP contribution in [-0.2, 0) is 11.2 Å². The lowest BCUT2D eigenvalue weighted by Crippen LogP contribution is -2.36. The monoisotopic (exact) mass is 277 g/mol. The number of methoxy groups -OCH3 is 2. The maximum Gasteiger partial charge on any atom is 0.225 e.